The largest absolute Gasteiger partial charge is 0.466 e. The van der Waals surface area contributed by atoms with Crippen LogP contribution in [0, 0.1) is 0 Å². The van der Waals surface area contributed by atoms with Crippen LogP contribution in [0.2, 0.25) is 0 Å². The molecule has 186 valence electrons. The average Bonchev–Trinajstić information content (AvgIpc) is 2.90. The fourth-order valence-electron chi connectivity index (χ4n) is 5.94. The maximum absolute atomic E-state index is 11.6. The van der Waals surface area contributed by atoms with E-state index in [-0.39, 0.29) is 5.97 Å². The number of fused-ring (bicyclic) bond motifs is 5. The number of benzene rings is 3. The Bertz CT molecular complexity index is 1470. The standard InChI is InChI=1S/C30H33N3O3/c1-2-35-27(34)14-4-3-7-15-31-24-19-26-28(22-12-6-5-11-21(22)24)32-25-18-20-10-8-16-33-17-9-13-23(29(20)33)30(25)36-26/h5-6,11-12,18-19H,2-4,7-10,13-17H2,1H3/p+1. The first kappa shape index (κ1) is 23.0. The van der Waals surface area contributed by atoms with Gasteiger partial charge in [-0.05, 0) is 63.1 Å². The van der Waals surface area contributed by atoms with Gasteiger partial charge in [0, 0.05) is 42.6 Å². The minimum atomic E-state index is -0.101. The molecular weight excluding hydrogens is 450 g/mol. The number of hydrogen-bond acceptors (Lipinski definition) is 5. The Morgan fingerprint density at radius 1 is 1.08 bits per heavy atom. The average molecular weight is 485 g/mol. The van der Waals surface area contributed by atoms with E-state index in [1.807, 2.05) is 6.92 Å². The molecule has 0 radical (unpaired) electrons. The quantitative estimate of drug-likeness (QED) is 0.187. The first-order valence-corrected chi connectivity index (χ1v) is 13.5. The third-order valence-corrected chi connectivity index (χ3v) is 7.56. The minimum absolute atomic E-state index is 0.101. The smallest absolute Gasteiger partial charge is 0.305 e. The van der Waals surface area contributed by atoms with Crippen molar-refractivity contribution < 1.29 is 18.9 Å². The fourth-order valence-corrected chi connectivity index (χ4v) is 5.94. The minimum Gasteiger partial charge on any atom is -0.466 e. The second-order valence-electron chi connectivity index (χ2n) is 9.98. The lowest BCUT2D eigenvalue weighted by atomic mass is 9.91. The number of esters is 1. The van der Waals surface area contributed by atoms with Gasteiger partial charge in [0.05, 0.1) is 18.1 Å². The molecule has 0 fully saturated rings. The van der Waals surface area contributed by atoms with E-state index in [0.29, 0.717) is 13.0 Å². The van der Waals surface area contributed by atoms with Crippen LogP contribution < -0.4 is 15.2 Å². The Morgan fingerprint density at radius 2 is 1.92 bits per heavy atom. The predicted octanol–water partition coefficient (Wildman–Crippen LogP) is 3.89. The van der Waals surface area contributed by atoms with E-state index < -0.39 is 0 Å². The van der Waals surface area contributed by atoms with Gasteiger partial charge in [0.1, 0.15) is 17.8 Å². The van der Waals surface area contributed by atoms with Crippen LogP contribution in [0.5, 0.6) is 0 Å². The molecule has 36 heavy (non-hydrogen) atoms. The molecule has 0 atom stereocenters. The highest BCUT2D eigenvalue weighted by Crippen LogP contribution is 2.41. The summed E-state index contributed by atoms with van der Waals surface area (Å²) in [6, 6.07) is 12.8. The van der Waals surface area contributed by atoms with Crippen molar-refractivity contribution in [2.45, 2.75) is 58.3 Å². The topological polar surface area (TPSA) is 69.5 Å². The summed E-state index contributed by atoms with van der Waals surface area (Å²) in [5.41, 5.74) is 7.03. The van der Waals surface area contributed by atoms with E-state index in [1.54, 1.807) is 0 Å². The van der Waals surface area contributed by atoms with E-state index in [4.69, 9.17) is 14.1 Å². The van der Waals surface area contributed by atoms with Gasteiger partial charge in [-0.2, -0.15) is 0 Å². The van der Waals surface area contributed by atoms with Crippen molar-refractivity contribution in [1.82, 2.24) is 4.98 Å². The lowest BCUT2D eigenvalue weighted by molar-refractivity contribution is -0.499. The normalized spacial score (nSPS) is 15.6. The molecule has 0 saturated carbocycles. The summed E-state index contributed by atoms with van der Waals surface area (Å²) in [7, 11) is 0. The van der Waals surface area contributed by atoms with Crippen molar-refractivity contribution in [3.05, 3.63) is 52.9 Å². The van der Waals surface area contributed by atoms with Gasteiger partial charge < -0.3 is 14.1 Å². The number of anilines is 1. The van der Waals surface area contributed by atoms with Crippen molar-refractivity contribution in [2.75, 3.05) is 31.1 Å². The van der Waals surface area contributed by atoms with Gasteiger partial charge in [-0.3, -0.25) is 4.79 Å². The van der Waals surface area contributed by atoms with Crippen molar-refractivity contribution in [3.8, 4) is 11.5 Å². The maximum Gasteiger partial charge on any atom is 0.305 e. The number of ether oxygens (including phenoxy) is 1. The Kier molecular flexibility index (Phi) is 6.34. The number of aryl methyl sites for hydroxylation is 2. The fraction of sp³-hybridized carbons (Fsp3) is 0.433. The van der Waals surface area contributed by atoms with Crippen LogP contribution in [-0.4, -0.2) is 37.2 Å². The second-order valence-corrected chi connectivity index (χ2v) is 9.98. The highest BCUT2D eigenvalue weighted by atomic mass is 16.5. The molecule has 6 heteroatoms. The lowest BCUT2D eigenvalue weighted by Gasteiger charge is -2.37. The number of carbonyl (C=O) groups excluding carboxylic acids is 1. The summed E-state index contributed by atoms with van der Waals surface area (Å²) in [4.78, 5) is 22.9. The van der Waals surface area contributed by atoms with Crippen LogP contribution >= 0.6 is 0 Å². The number of rotatable bonds is 7. The monoisotopic (exact) mass is 484 g/mol. The third kappa shape index (κ3) is 4.23. The number of hydrogen-bond donors (Lipinski definition) is 1. The van der Waals surface area contributed by atoms with Gasteiger partial charge in [0.25, 0.3) is 0 Å². The van der Waals surface area contributed by atoms with Crippen molar-refractivity contribution in [1.29, 1.82) is 0 Å². The summed E-state index contributed by atoms with van der Waals surface area (Å²) in [5.74, 6) is 0.728. The molecule has 6 rings (SSSR count). The van der Waals surface area contributed by atoms with Crippen molar-refractivity contribution in [3.63, 3.8) is 0 Å². The lowest BCUT2D eigenvalue weighted by Crippen LogP contribution is -2.76. The molecule has 0 spiro atoms. The second kappa shape index (κ2) is 9.92. The van der Waals surface area contributed by atoms with Crippen LogP contribution in [0.1, 0.15) is 56.6 Å². The van der Waals surface area contributed by atoms with Crippen molar-refractivity contribution in [2.24, 2.45) is 0 Å². The third-order valence-electron chi connectivity index (χ3n) is 7.56. The van der Waals surface area contributed by atoms with E-state index in [2.05, 4.69) is 46.3 Å². The number of carbonyl (C=O) groups is 1. The molecule has 1 aliphatic carbocycles. The van der Waals surface area contributed by atoms with Gasteiger partial charge in [0.2, 0.25) is 5.36 Å². The Labute approximate surface area is 211 Å². The van der Waals surface area contributed by atoms with Crippen LogP contribution in [0.3, 0.4) is 0 Å². The maximum atomic E-state index is 11.6. The molecule has 0 bridgehead atoms. The van der Waals surface area contributed by atoms with E-state index >= 15 is 0 Å². The molecule has 0 unspecified atom stereocenters. The number of unbranched alkanes of at least 4 members (excludes halogenated alkanes) is 2. The molecule has 2 aromatic carbocycles. The first-order valence-electron chi connectivity index (χ1n) is 13.5. The van der Waals surface area contributed by atoms with Crippen LogP contribution in [0.25, 0.3) is 33.3 Å². The van der Waals surface area contributed by atoms with E-state index in [1.165, 1.54) is 29.7 Å². The van der Waals surface area contributed by atoms with Gasteiger partial charge in [-0.1, -0.05) is 18.2 Å². The summed E-state index contributed by atoms with van der Waals surface area (Å²) in [5, 5.41) is 3.34. The van der Waals surface area contributed by atoms with Gasteiger partial charge in [-0.25, -0.2) is 9.98 Å². The number of nitrogens with zero attached hydrogens (tertiary/aromatic N) is 2. The van der Waals surface area contributed by atoms with Gasteiger partial charge >= 0.3 is 5.97 Å². The molecule has 3 heterocycles. The van der Waals surface area contributed by atoms with E-state index in [0.717, 1.165) is 90.4 Å². The highest BCUT2D eigenvalue weighted by molar-refractivity contribution is 5.97. The van der Waals surface area contributed by atoms with Crippen molar-refractivity contribution >= 4 is 33.5 Å². The number of aromatic nitrogens is 1. The zero-order chi connectivity index (χ0) is 24.5. The van der Waals surface area contributed by atoms with Gasteiger partial charge in [-0.15, -0.1) is 0 Å². The summed E-state index contributed by atoms with van der Waals surface area (Å²) >= 11 is 0. The zero-order valence-corrected chi connectivity index (χ0v) is 21.1. The molecule has 0 aromatic heterocycles. The first-order chi connectivity index (χ1) is 17.7. The molecule has 1 N–H and O–H groups in total. The SMILES string of the molecule is CCOC(=O)CCCCC[NH+]=c1cc2oc3c4c5c(cc3nc-2c2ccccc12)CCCN5CCC4. The van der Waals surface area contributed by atoms with Crippen LogP contribution in [0.4, 0.5) is 5.69 Å². The Morgan fingerprint density at radius 3 is 2.78 bits per heavy atom. The molecule has 6 nitrogen and oxygen atoms in total. The zero-order valence-electron chi connectivity index (χ0n) is 21.1. The van der Waals surface area contributed by atoms with Crippen LogP contribution in [-0.2, 0) is 22.4 Å². The summed E-state index contributed by atoms with van der Waals surface area (Å²) in [6.45, 7) is 5.43. The van der Waals surface area contributed by atoms with Crippen LogP contribution in [0.15, 0.2) is 40.8 Å². The molecule has 0 saturated heterocycles. The summed E-state index contributed by atoms with van der Waals surface area (Å²) in [6.07, 6.45) is 7.88. The van der Waals surface area contributed by atoms with E-state index in [9.17, 15) is 4.79 Å². The number of nitrogens with one attached hydrogen (secondary N) is 1. The molecule has 2 aromatic rings. The predicted molar refractivity (Wildman–Crippen MR) is 141 cm³/mol. The summed E-state index contributed by atoms with van der Waals surface area (Å²) < 4.78 is 11.7. The highest BCUT2D eigenvalue weighted by Gasteiger charge is 2.28. The molecule has 0 amide bonds. The molecule has 3 aliphatic heterocycles. The Balaban J connectivity index is 1.38. The molecular formula is C30H34N3O3+. The molecule has 4 aliphatic rings. The Hall–Kier alpha value is -3.41. The van der Waals surface area contributed by atoms with Gasteiger partial charge in [0.15, 0.2) is 11.3 Å².